The molecular formula is C12H17N3O3. The maximum Gasteiger partial charge on any atom is 0.319 e. The quantitative estimate of drug-likeness (QED) is 0.623. The van der Waals surface area contributed by atoms with Gasteiger partial charge in [-0.2, -0.15) is 0 Å². The minimum absolute atomic E-state index is 0.0460. The number of non-ortho nitro benzene ring substituents is 1. The third-order valence-corrected chi connectivity index (χ3v) is 2.64. The summed E-state index contributed by atoms with van der Waals surface area (Å²) in [5, 5.41) is 16.0. The fourth-order valence-corrected chi connectivity index (χ4v) is 1.54. The standard InChI is InChI=1S/C12H17N3O3/c1-3-9(4-2)13-12(16)14-10-6-5-7-11(8-10)15(17)18/h5-9H,3-4H2,1-2H3,(H2,13,14,16). The molecule has 0 aliphatic rings. The molecular weight excluding hydrogens is 234 g/mol. The van der Waals surface area contributed by atoms with E-state index in [9.17, 15) is 14.9 Å². The lowest BCUT2D eigenvalue weighted by atomic mass is 10.2. The van der Waals surface area contributed by atoms with Crippen LogP contribution in [0.15, 0.2) is 24.3 Å². The average molecular weight is 251 g/mol. The van der Waals surface area contributed by atoms with Crippen LogP contribution in [0.1, 0.15) is 26.7 Å². The summed E-state index contributed by atoms with van der Waals surface area (Å²) in [6.07, 6.45) is 1.69. The van der Waals surface area contributed by atoms with Gasteiger partial charge in [0.25, 0.3) is 5.69 Å². The predicted molar refractivity (Wildman–Crippen MR) is 69.6 cm³/mol. The maximum atomic E-state index is 11.6. The zero-order chi connectivity index (χ0) is 13.5. The molecule has 2 N–H and O–H groups in total. The van der Waals surface area contributed by atoms with Gasteiger partial charge < -0.3 is 10.6 Å². The number of hydrogen-bond acceptors (Lipinski definition) is 3. The topological polar surface area (TPSA) is 84.3 Å². The molecule has 6 nitrogen and oxygen atoms in total. The van der Waals surface area contributed by atoms with Crippen molar-refractivity contribution in [3.05, 3.63) is 34.4 Å². The molecule has 0 atom stereocenters. The van der Waals surface area contributed by atoms with Crippen LogP contribution in [-0.2, 0) is 0 Å². The SMILES string of the molecule is CCC(CC)NC(=O)Nc1cccc([N+](=O)[O-])c1. The molecule has 6 heteroatoms. The van der Waals surface area contributed by atoms with Crippen LogP contribution < -0.4 is 10.6 Å². The fourth-order valence-electron chi connectivity index (χ4n) is 1.54. The average Bonchev–Trinajstić information content (AvgIpc) is 2.36. The van der Waals surface area contributed by atoms with Gasteiger partial charge in [0.1, 0.15) is 0 Å². The van der Waals surface area contributed by atoms with Gasteiger partial charge in [-0.1, -0.05) is 19.9 Å². The Kier molecular flexibility index (Phi) is 5.10. The summed E-state index contributed by atoms with van der Waals surface area (Å²) in [7, 11) is 0. The predicted octanol–water partition coefficient (Wildman–Crippen LogP) is 2.90. The molecule has 0 saturated carbocycles. The first kappa shape index (κ1) is 14.0. The van der Waals surface area contributed by atoms with Gasteiger partial charge >= 0.3 is 6.03 Å². The van der Waals surface area contributed by atoms with Crippen molar-refractivity contribution >= 4 is 17.4 Å². The van der Waals surface area contributed by atoms with Crippen LogP contribution in [0.2, 0.25) is 0 Å². The van der Waals surface area contributed by atoms with Crippen LogP contribution in [0.4, 0.5) is 16.2 Å². The number of nitrogens with one attached hydrogen (secondary N) is 2. The molecule has 0 radical (unpaired) electrons. The number of hydrogen-bond donors (Lipinski definition) is 2. The molecule has 0 aliphatic heterocycles. The summed E-state index contributed by atoms with van der Waals surface area (Å²) < 4.78 is 0. The van der Waals surface area contributed by atoms with E-state index >= 15 is 0 Å². The van der Waals surface area contributed by atoms with Gasteiger partial charge in [0.15, 0.2) is 0 Å². The lowest BCUT2D eigenvalue weighted by Gasteiger charge is -2.15. The molecule has 18 heavy (non-hydrogen) atoms. The smallest absolute Gasteiger partial charge is 0.319 e. The molecule has 0 fully saturated rings. The van der Waals surface area contributed by atoms with Gasteiger partial charge in [-0.3, -0.25) is 10.1 Å². The Bertz CT molecular complexity index is 430. The van der Waals surface area contributed by atoms with Gasteiger partial charge in [-0.15, -0.1) is 0 Å². The first-order valence-electron chi connectivity index (χ1n) is 5.88. The summed E-state index contributed by atoms with van der Waals surface area (Å²) >= 11 is 0. The van der Waals surface area contributed by atoms with Crippen molar-refractivity contribution in [2.45, 2.75) is 32.7 Å². The van der Waals surface area contributed by atoms with Crippen molar-refractivity contribution in [1.29, 1.82) is 0 Å². The van der Waals surface area contributed by atoms with Gasteiger partial charge in [-0.25, -0.2) is 4.79 Å². The highest BCUT2D eigenvalue weighted by molar-refractivity contribution is 5.89. The molecule has 1 aromatic rings. The molecule has 0 aromatic heterocycles. The van der Waals surface area contributed by atoms with Crippen molar-refractivity contribution in [1.82, 2.24) is 5.32 Å². The Labute approximate surface area is 106 Å². The third kappa shape index (κ3) is 4.04. The summed E-state index contributed by atoms with van der Waals surface area (Å²) in [5.74, 6) is 0. The minimum Gasteiger partial charge on any atom is -0.335 e. The summed E-state index contributed by atoms with van der Waals surface area (Å²) in [6.45, 7) is 3.98. The number of benzene rings is 1. The Morgan fingerprint density at radius 3 is 2.61 bits per heavy atom. The van der Waals surface area contributed by atoms with Crippen LogP contribution in [-0.4, -0.2) is 17.0 Å². The lowest BCUT2D eigenvalue weighted by molar-refractivity contribution is -0.384. The maximum absolute atomic E-state index is 11.6. The molecule has 98 valence electrons. The first-order chi connectivity index (χ1) is 8.56. The van der Waals surface area contributed by atoms with E-state index in [1.165, 1.54) is 18.2 Å². The number of rotatable bonds is 5. The highest BCUT2D eigenvalue weighted by Crippen LogP contribution is 2.16. The first-order valence-corrected chi connectivity index (χ1v) is 5.88. The number of urea groups is 1. The van der Waals surface area contributed by atoms with E-state index in [1.54, 1.807) is 6.07 Å². The molecule has 0 aliphatic carbocycles. The minimum atomic E-state index is -0.496. The van der Waals surface area contributed by atoms with E-state index in [0.29, 0.717) is 5.69 Å². The van der Waals surface area contributed by atoms with Crippen molar-refractivity contribution < 1.29 is 9.72 Å². The highest BCUT2D eigenvalue weighted by atomic mass is 16.6. The van der Waals surface area contributed by atoms with Crippen LogP contribution in [0.5, 0.6) is 0 Å². The van der Waals surface area contributed by atoms with Crippen molar-refractivity contribution in [2.75, 3.05) is 5.32 Å². The van der Waals surface area contributed by atoms with Crippen molar-refractivity contribution in [2.24, 2.45) is 0 Å². The number of anilines is 1. The van der Waals surface area contributed by atoms with Crippen LogP contribution in [0.3, 0.4) is 0 Å². The second kappa shape index (κ2) is 6.58. The zero-order valence-corrected chi connectivity index (χ0v) is 10.5. The molecule has 1 aromatic carbocycles. The lowest BCUT2D eigenvalue weighted by Crippen LogP contribution is -2.37. The molecule has 0 unspecified atom stereocenters. The van der Waals surface area contributed by atoms with E-state index in [4.69, 9.17) is 0 Å². The highest BCUT2D eigenvalue weighted by Gasteiger charge is 2.10. The number of nitro groups is 1. The van der Waals surface area contributed by atoms with Crippen LogP contribution in [0, 0.1) is 10.1 Å². The Balaban J connectivity index is 2.64. The van der Waals surface area contributed by atoms with Gasteiger partial charge in [0, 0.05) is 23.9 Å². The second-order valence-electron chi connectivity index (χ2n) is 3.92. The molecule has 0 saturated heterocycles. The second-order valence-corrected chi connectivity index (χ2v) is 3.92. The number of nitrogens with zero attached hydrogens (tertiary/aromatic N) is 1. The number of nitro benzene ring substituents is 1. The summed E-state index contributed by atoms with van der Waals surface area (Å²) in [6, 6.07) is 5.62. The Morgan fingerprint density at radius 2 is 2.06 bits per heavy atom. The van der Waals surface area contributed by atoms with E-state index in [-0.39, 0.29) is 17.8 Å². The van der Waals surface area contributed by atoms with Crippen LogP contribution >= 0.6 is 0 Å². The Morgan fingerprint density at radius 1 is 1.39 bits per heavy atom. The van der Waals surface area contributed by atoms with E-state index in [1.807, 2.05) is 13.8 Å². The summed E-state index contributed by atoms with van der Waals surface area (Å²) in [4.78, 5) is 21.7. The van der Waals surface area contributed by atoms with E-state index < -0.39 is 4.92 Å². The molecule has 0 bridgehead atoms. The van der Waals surface area contributed by atoms with E-state index in [2.05, 4.69) is 10.6 Å². The van der Waals surface area contributed by atoms with Gasteiger partial charge in [0.2, 0.25) is 0 Å². The van der Waals surface area contributed by atoms with Crippen molar-refractivity contribution in [3.8, 4) is 0 Å². The van der Waals surface area contributed by atoms with Gasteiger partial charge in [-0.05, 0) is 18.9 Å². The summed E-state index contributed by atoms with van der Waals surface area (Å²) in [5.41, 5.74) is 0.364. The van der Waals surface area contributed by atoms with E-state index in [0.717, 1.165) is 12.8 Å². The Hall–Kier alpha value is -2.11. The number of carbonyl (C=O) groups is 1. The molecule has 1 rings (SSSR count). The molecule has 0 heterocycles. The monoisotopic (exact) mass is 251 g/mol. The zero-order valence-electron chi connectivity index (χ0n) is 10.5. The van der Waals surface area contributed by atoms with Crippen LogP contribution in [0.25, 0.3) is 0 Å². The largest absolute Gasteiger partial charge is 0.335 e. The number of amides is 2. The molecule has 0 spiro atoms. The third-order valence-electron chi connectivity index (χ3n) is 2.64. The fraction of sp³-hybridized carbons (Fsp3) is 0.417. The molecule has 2 amide bonds. The number of carbonyl (C=O) groups excluding carboxylic acids is 1. The van der Waals surface area contributed by atoms with Crippen molar-refractivity contribution in [3.63, 3.8) is 0 Å². The normalized spacial score (nSPS) is 10.2. The van der Waals surface area contributed by atoms with Gasteiger partial charge in [0.05, 0.1) is 4.92 Å².